The first-order chi connectivity index (χ1) is 8.91. The van der Waals surface area contributed by atoms with E-state index in [2.05, 4.69) is 45.1 Å². The van der Waals surface area contributed by atoms with E-state index in [1.54, 1.807) is 19.1 Å². The van der Waals surface area contributed by atoms with Crippen LogP contribution >= 0.6 is 38.5 Å². The molecule has 0 aliphatic carbocycles. The van der Waals surface area contributed by atoms with E-state index in [9.17, 15) is 9.59 Å². The Morgan fingerprint density at radius 2 is 1.95 bits per heavy atom. The molecule has 0 aromatic heterocycles. The molecule has 0 bridgehead atoms. The van der Waals surface area contributed by atoms with E-state index >= 15 is 0 Å². The molecule has 0 aliphatic heterocycles. The maximum atomic E-state index is 11.8. The Kier molecular flexibility index (Phi) is 6.50. The van der Waals surface area contributed by atoms with Gasteiger partial charge in [-0.05, 0) is 47.7 Å². The molecule has 0 amide bonds. The van der Waals surface area contributed by atoms with Gasteiger partial charge in [-0.15, -0.1) is 0 Å². The number of carbonyl (C=O) groups excluding carboxylic acids is 2. The zero-order valence-electron chi connectivity index (χ0n) is 10.2. The van der Waals surface area contributed by atoms with Crippen LogP contribution in [0.1, 0.15) is 17.3 Å². The molecule has 102 valence electrons. The number of hydrogen-bond acceptors (Lipinski definition) is 4. The number of hydrogen-bond donors (Lipinski definition) is 0. The Hall–Kier alpha value is -0.890. The highest BCUT2D eigenvalue weighted by atomic mass is 127. The van der Waals surface area contributed by atoms with Crippen molar-refractivity contribution in [2.45, 2.75) is 6.92 Å². The lowest BCUT2D eigenvalue weighted by Gasteiger charge is -2.07. The molecule has 0 saturated carbocycles. The van der Waals surface area contributed by atoms with E-state index < -0.39 is 11.9 Å². The van der Waals surface area contributed by atoms with Crippen LogP contribution < -0.4 is 0 Å². The normalized spacial score (nSPS) is 9.84. The molecule has 1 rings (SSSR count). The number of halogens is 2. The molecule has 1 aromatic rings. The van der Waals surface area contributed by atoms with Crippen molar-refractivity contribution < 1.29 is 19.1 Å². The minimum atomic E-state index is -0.491. The molecule has 1 aromatic carbocycles. The average Bonchev–Trinajstić information content (AvgIpc) is 2.33. The molecule has 0 unspecified atom stereocenters. The van der Waals surface area contributed by atoms with E-state index in [0.29, 0.717) is 11.1 Å². The topological polar surface area (TPSA) is 52.6 Å². The third-order valence-corrected chi connectivity index (χ3v) is 3.43. The number of carbonyl (C=O) groups is 2. The zero-order valence-corrected chi connectivity index (χ0v) is 14.0. The van der Waals surface area contributed by atoms with E-state index in [1.807, 2.05) is 6.07 Å². The van der Waals surface area contributed by atoms with Gasteiger partial charge in [-0.2, -0.15) is 0 Å². The SMILES string of the molecule is C=C(C)C(=O)OCCOC(=O)c1ccc(Br)cc1I. The largest absolute Gasteiger partial charge is 0.459 e. The molecule has 0 spiro atoms. The monoisotopic (exact) mass is 438 g/mol. The number of ether oxygens (including phenoxy) is 2. The van der Waals surface area contributed by atoms with Gasteiger partial charge in [-0.3, -0.25) is 0 Å². The highest BCUT2D eigenvalue weighted by Crippen LogP contribution is 2.19. The van der Waals surface area contributed by atoms with Crippen molar-refractivity contribution >= 4 is 50.5 Å². The van der Waals surface area contributed by atoms with Crippen molar-refractivity contribution in [2.75, 3.05) is 13.2 Å². The lowest BCUT2D eigenvalue weighted by atomic mass is 10.2. The maximum Gasteiger partial charge on any atom is 0.339 e. The smallest absolute Gasteiger partial charge is 0.339 e. The zero-order chi connectivity index (χ0) is 14.4. The first kappa shape index (κ1) is 16.2. The summed E-state index contributed by atoms with van der Waals surface area (Å²) in [5.41, 5.74) is 0.795. The molecule has 0 heterocycles. The molecule has 0 radical (unpaired) electrons. The van der Waals surface area contributed by atoms with E-state index in [0.717, 1.165) is 8.04 Å². The fourth-order valence-corrected chi connectivity index (χ4v) is 2.65. The summed E-state index contributed by atoms with van der Waals surface area (Å²) in [6.07, 6.45) is 0. The second-order valence-corrected chi connectivity index (χ2v) is 5.75. The third-order valence-electron chi connectivity index (χ3n) is 2.05. The van der Waals surface area contributed by atoms with Crippen molar-refractivity contribution in [2.24, 2.45) is 0 Å². The van der Waals surface area contributed by atoms with Gasteiger partial charge in [0, 0.05) is 13.6 Å². The van der Waals surface area contributed by atoms with Gasteiger partial charge in [-0.1, -0.05) is 22.5 Å². The fraction of sp³-hybridized carbons (Fsp3) is 0.231. The number of esters is 2. The summed E-state index contributed by atoms with van der Waals surface area (Å²) >= 11 is 5.37. The lowest BCUT2D eigenvalue weighted by molar-refractivity contribution is -0.140. The van der Waals surface area contributed by atoms with E-state index in [4.69, 9.17) is 9.47 Å². The van der Waals surface area contributed by atoms with Crippen LogP contribution in [0.5, 0.6) is 0 Å². The van der Waals surface area contributed by atoms with E-state index in [1.165, 1.54) is 0 Å². The predicted octanol–water partition coefficient (Wildman–Crippen LogP) is 3.33. The standard InChI is InChI=1S/C13H12BrIO4/c1-8(2)12(16)18-5-6-19-13(17)10-4-3-9(14)7-11(10)15/h3-4,7H,1,5-6H2,2H3. The summed E-state index contributed by atoms with van der Waals surface area (Å²) in [6.45, 7) is 5.04. The van der Waals surface area contributed by atoms with Crippen LogP contribution in [-0.2, 0) is 14.3 Å². The van der Waals surface area contributed by atoms with Crippen LogP contribution in [0.15, 0.2) is 34.8 Å². The molecule has 4 nitrogen and oxygen atoms in total. The van der Waals surface area contributed by atoms with Gasteiger partial charge >= 0.3 is 11.9 Å². The lowest BCUT2D eigenvalue weighted by Crippen LogP contribution is -2.14. The summed E-state index contributed by atoms with van der Waals surface area (Å²) in [7, 11) is 0. The van der Waals surface area contributed by atoms with Crippen molar-refractivity contribution in [1.29, 1.82) is 0 Å². The van der Waals surface area contributed by atoms with Crippen molar-refractivity contribution in [3.8, 4) is 0 Å². The molecule has 0 N–H and O–H groups in total. The Morgan fingerprint density at radius 1 is 1.32 bits per heavy atom. The predicted molar refractivity (Wildman–Crippen MR) is 82.9 cm³/mol. The van der Waals surface area contributed by atoms with Gasteiger partial charge in [0.05, 0.1) is 5.56 Å². The average molecular weight is 439 g/mol. The van der Waals surface area contributed by atoms with Gasteiger partial charge in [0.1, 0.15) is 13.2 Å². The fourth-order valence-electron chi connectivity index (χ4n) is 1.12. The molecular weight excluding hydrogens is 427 g/mol. The van der Waals surface area contributed by atoms with Gasteiger partial charge in [-0.25, -0.2) is 9.59 Å². The van der Waals surface area contributed by atoms with Crippen LogP contribution in [0, 0.1) is 3.57 Å². The van der Waals surface area contributed by atoms with Crippen LogP contribution in [0.3, 0.4) is 0 Å². The van der Waals surface area contributed by atoms with Crippen LogP contribution in [0.25, 0.3) is 0 Å². The Balaban J connectivity index is 2.43. The quantitative estimate of drug-likeness (QED) is 0.306. The molecular formula is C13H12BrIO4. The molecule has 0 saturated heterocycles. The first-order valence-corrected chi connectivity index (χ1v) is 7.24. The molecule has 0 fully saturated rings. The number of rotatable bonds is 5. The van der Waals surface area contributed by atoms with Gasteiger partial charge in [0.2, 0.25) is 0 Å². The summed E-state index contributed by atoms with van der Waals surface area (Å²) < 4.78 is 11.5. The van der Waals surface area contributed by atoms with Crippen molar-refractivity contribution in [1.82, 2.24) is 0 Å². The highest BCUT2D eigenvalue weighted by molar-refractivity contribution is 14.1. The molecule has 0 atom stereocenters. The van der Waals surface area contributed by atoms with Crippen LogP contribution in [0.2, 0.25) is 0 Å². The summed E-state index contributed by atoms with van der Waals surface area (Å²) in [5, 5.41) is 0. The summed E-state index contributed by atoms with van der Waals surface area (Å²) in [5.74, 6) is -0.933. The number of benzene rings is 1. The van der Waals surface area contributed by atoms with Gasteiger partial charge in [0.25, 0.3) is 0 Å². The minimum absolute atomic E-state index is 0.0179. The summed E-state index contributed by atoms with van der Waals surface area (Å²) in [4.78, 5) is 22.8. The minimum Gasteiger partial charge on any atom is -0.459 e. The Morgan fingerprint density at radius 3 is 2.53 bits per heavy atom. The summed E-state index contributed by atoms with van der Waals surface area (Å²) in [6, 6.07) is 5.26. The Bertz CT molecular complexity index is 513. The second-order valence-electron chi connectivity index (χ2n) is 3.68. The van der Waals surface area contributed by atoms with Crippen molar-refractivity contribution in [3.63, 3.8) is 0 Å². The van der Waals surface area contributed by atoms with Gasteiger partial charge in [0.15, 0.2) is 0 Å². The van der Waals surface area contributed by atoms with E-state index in [-0.39, 0.29) is 13.2 Å². The second kappa shape index (κ2) is 7.64. The van der Waals surface area contributed by atoms with Crippen LogP contribution in [0.4, 0.5) is 0 Å². The first-order valence-electron chi connectivity index (χ1n) is 5.36. The van der Waals surface area contributed by atoms with Crippen molar-refractivity contribution in [3.05, 3.63) is 44.0 Å². The molecule has 0 aliphatic rings. The highest BCUT2D eigenvalue weighted by Gasteiger charge is 2.12. The third kappa shape index (κ3) is 5.32. The van der Waals surface area contributed by atoms with Crippen LogP contribution in [-0.4, -0.2) is 25.2 Å². The Labute approximate surface area is 133 Å². The van der Waals surface area contributed by atoms with Gasteiger partial charge < -0.3 is 9.47 Å². The molecule has 6 heteroatoms. The molecule has 19 heavy (non-hydrogen) atoms. The maximum absolute atomic E-state index is 11.8.